The number of hydrogen-bond donors (Lipinski definition) is 0. The number of benzene rings is 1. The second-order valence-corrected chi connectivity index (χ2v) is 7.33. The molecule has 1 amide bonds. The van der Waals surface area contributed by atoms with Crippen molar-refractivity contribution in [2.24, 2.45) is 0 Å². The largest absolute Gasteiger partial charge is 0.378 e. The Morgan fingerprint density at radius 3 is 2.67 bits per heavy atom. The fraction of sp³-hybridized carbons (Fsp3) is 0.444. The monoisotopic (exact) mass is 345 g/mol. The first kappa shape index (κ1) is 17.1. The van der Waals surface area contributed by atoms with E-state index in [1.54, 1.807) is 11.3 Å². The van der Waals surface area contributed by atoms with Crippen LogP contribution >= 0.6 is 11.3 Å². The molecule has 2 heterocycles. The third-order valence-corrected chi connectivity index (χ3v) is 5.08. The van der Waals surface area contributed by atoms with Gasteiger partial charge in [0.25, 0.3) is 0 Å². The minimum atomic E-state index is -0.285. The number of carbonyl (C=O) groups excluding carboxylic acids is 1. The lowest BCUT2D eigenvalue weighted by atomic mass is 10.0. The molecular formula is C18H23N3O2S. The summed E-state index contributed by atoms with van der Waals surface area (Å²) in [6.45, 7) is 5.27. The average Bonchev–Trinajstić information content (AvgIpc) is 3.01. The quantitative estimate of drug-likeness (QED) is 0.835. The zero-order chi connectivity index (χ0) is 16.9. The van der Waals surface area contributed by atoms with E-state index in [1.807, 2.05) is 55.4 Å². The maximum Gasteiger partial charge on any atom is 0.244 e. The second-order valence-electron chi connectivity index (χ2n) is 6.01. The molecule has 1 fully saturated rings. The van der Waals surface area contributed by atoms with Crippen LogP contribution in [0.1, 0.15) is 21.5 Å². The highest BCUT2D eigenvalue weighted by Crippen LogP contribution is 2.25. The Morgan fingerprint density at radius 2 is 2.04 bits per heavy atom. The first-order chi connectivity index (χ1) is 11.6. The number of likely N-dealkylation sites (N-methyl/N-ethyl adjacent to an activating group) is 1. The van der Waals surface area contributed by atoms with Crippen LogP contribution in [0, 0.1) is 6.92 Å². The van der Waals surface area contributed by atoms with Crippen LogP contribution in [-0.2, 0) is 16.1 Å². The molecule has 1 aromatic heterocycles. The molecule has 0 spiro atoms. The summed E-state index contributed by atoms with van der Waals surface area (Å²) >= 11 is 1.68. The Bertz CT molecular complexity index is 668. The molecule has 2 aromatic rings. The van der Waals surface area contributed by atoms with Crippen molar-refractivity contribution < 1.29 is 9.53 Å². The highest BCUT2D eigenvalue weighted by Gasteiger charge is 2.30. The maximum absolute atomic E-state index is 13.2. The molecule has 1 aromatic carbocycles. The SMILES string of the molecule is Cc1ncc(CN(C)[C@@H](C(=O)N2CCOCC2)c2ccccc2)s1. The molecule has 0 aliphatic carbocycles. The van der Waals surface area contributed by atoms with Gasteiger partial charge in [-0.05, 0) is 19.5 Å². The smallest absolute Gasteiger partial charge is 0.244 e. The highest BCUT2D eigenvalue weighted by atomic mass is 32.1. The Hall–Kier alpha value is -1.76. The zero-order valence-electron chi connectivity index (χ0n) is 14.1. The van der Waals surface area contributed by atoms with Gasteiger partial charge in [-0.3, -0.25) is 9.69 Å². The Morgan fingerprint density at radius 1 is 1.33 bits per heavy atom. The molecule has 1 aliphatic heterocycles. The maximum atomic E-state index is 13.2. The summed E-state index contributed by atoms with van der Waals surface area (Å²) in [5.41, 5.74) is 1.03. The van der Waals surface area contributed by atoms with Gasteiger partial charge in [-0.25, -0.2) is 4.98 Å². The summed E-state index contributed by atoms with van der Waals surface area (Å²) in [4.78, 5) is 22.7. The summed E-state index contributed by atoms with van der Waals surface area (Å²) in [5, 5.41) is 1.05. The molecule has 6 heteroatoms. The molecule has 0 bridgehead atoms. The van der Waals surface area contributed by atoms with Crippen LogP contribution in [0.25, 0.3) is 0 Å². The molecule has 1 aliphatic rings. The fourth-order valence-corrected chi connectivity index (χ4v) is 3.85. The Balaban J connectivity index is 1.82. The molecule has 128 valence electrons. The van der Waals surface area contributed by atoms with E-state index in [0.717, 1.165) is 10.6 Å². The number of morpholine rings is 1. The summed E-state index contributed by atoms with van der Waals surface area (Å²) in [6.07, 6.45) is 1.90. The Labute approximate surface area is 146 Å². The van der Waals surface area contributed by atoms with Crippen molar-refractivity contribution in [1.29, 1.82) is 0 Å². The van der Waals surface area contributed by atoms with Crippen molar-refractivity contribution in [2.75, 3.05) is 33.4 Å². The third kappa shape index (κ3) is 4.01. The van der Waals surface area contributed by atoms with Crippen LogP contribution in [0.4, 0.5) is 0 Å². The summed E-state index contributed by atoms with van der Waals surface area (Å²) in [7, 11) is 2.01. The van der Waals surface area contributed by atoms with Gasteiger partial charge >= 0.3 is 0 Å². The van der Waals surface area contributed by atoms with E-state index < -0.39 is 0 Å². The minimum absolute atomic E-state index is 0.147. The summed E-state index contributed by atoms with van der Waals surface area (Å²) in [6, 6.07) is 9.71. The summed E-state index contributed by atoms with van der Waals surface area (Å²) in [5.74, 6) is 0.147. The molecule has 3 rings (SSSR count). The zero-order valence-corrected chi connectivity index (χ0v) is 15.0. The van der Waals surface area contributed by atoms with Crippen LogP contribution in [0.3, 0.4) is 0 Å². The number of thiazole rings is 1. The number of aryl methyl sites for hydroxylation is 1. The van der Waals surface area contributed by atoms with Crippen molar-refractivity contribution in [2.45, 2.75) is 19.5 Å². The lowest BCUT2D eigenvalue weighted by Crippen LogP contribution is -2.46. The van der Waals surface area contributed by atoms with Crippen LogP contribution in [0.2, 0.25) is 0 Å². The number of aromatic nitrogens is 1. The molecule has 0 unspecified atom stereocenters. The van der Waals surface area contributed by atoms with E-state index >= 15 is 0 Å². The fourth-order valence-electron chi connectivity index (χ4n) is 2.99. The topological polar surface area (TPSA) is 45.7 Å². The van der Waals surface area contributed by atoms with E-state index in [4.69, 9.17) is 4.74 Å². The number of hydrogen-bond acceptors (Lipinski definition) is 5. The number of nitrogens with zero attached hydrogens (tertiary/aromatic N) is 3. The van der Waals surface area contributed by atoms with Gasteiger partial charge in [0.05, 0.1) is 18.2 Å². The van der Waals surface area contributed by atoms with Gasteiger partial charge in [0.2, 0.25) is 5.91 Å². The van der Waals surface area contributed by atoms with Gasteiger partial charge in [0, 0.05) is 30.7 Å². The van der Waals surface area contributed by atoms with Gasteiger partial charge in [-0.2, -0.15) is 0 Å². The standard InChI is InChI=1S/C18H23N3O2S/c1-14-19-12-16(24-14)13-20(2)17(15-6-4-3-5-7-15)18(22)21-8-10-23-11-9-21/h3-7,12,17H,8-11,13H2,1-2H3/t17-/m1/s1. The predicted octanol–water partition coefficient (Wildman–Crippen LogP) is 2.48. The Kier molecular flexibility index (Phi) is 5.60. The lowest BCUT2D eigenvalue weighted by Gasteiger charge is -2.34. The second kappa shape index (κ2) is 7.88. The van der Waals surface area contributed by atoms with Crippen LogP contribution in [-0.4, -0.2) is 54.0 Å². The highest BCUT2D eigenvalue weighted by molar-refractivity contribution is 7.11. The molecule has 0 saturated carbocycles. The van der Waals surface area contributed by atoms with E-state index in [9.17, 15) is 4.79 Å². The third-order valence-electron chi connectivity index (χ3n) is 4.19. The molecule has 5 nitrogen and oxygen atoms in total. The lowest BCUT2D eigenvalue weighted by molar-refractivity contribution is -0.141. The first-order valence-corrected chi connectivity index (χ1v) is 9.00. The normalized spacial score (nSPS) is 16.4. The van der Waals surface area contributed by atoms with Gasteiger partial charge in [0.1, 0.15) is 6.04 Å². The number of rotatable bonds is 5. The van der Waals surface area contributed by atoms with Crippen molar-refractivity contribution in [3.8, 4) is 0 Å². The van der Waals surface area contributed by atoms with Gasteiger partial charge in [0.15, 0.2) is 0 Å². The van der Waals surface area contributed by atoms with Crippen molar-refractivity contribution >= 4 is 17.2 Å². The molecule has 24 heavy (non-hydrogen) atoms. The van der Waals surface area contributed by atoms with Crippen molar-refractivity contribution in [3.05, 3.63) is 52.0 Å². The molecule has 1 saturated heterocycles. The minimum Gasteiger partial charge on any atom is -0.378 e. The van der Waals surface area contributed by atoms with Crippen molar-refractivity contribution in [1.82, 2.24) is 14.8 Å². The molecule has 0 radical (unpaired) electrons. The average molecular weight is 345 g/mol. The van der Waals surface area contributed by atoms with E-state index in [-0.39, 0.29) is 11.9 Å². The molecule has 1 atom stereocenters. The van der Waals surface area contributed by atoms with E-state index in [0.29, 0.717) is 32.8 Å². The molecule has 0 N–H and O–H groups in total. The van der Waals surface area contributed by atoms with Gasteiger partial charge in [-0.15, -0.1) is 11.3 Å². The van der Waals surface area contributed by atoms with Crippen LogP contribution in [0.5, 0.6) is 0 Å². The predicted molar refractivity (Wildman–Crippen MR) is 94.9 cm³/mol. The van der Waals surface area contributed by atoms with Crippen LogP contribution in [0.15, 0.2) is 36.5 Å². The number of carbonyl (C=O) groups is 1. The van der Waals surface area contributed by atoms with Crippen molar-refractivity contribution in [3.63, 3.8) is 0 Å². The number of amides is 1. The van der Waals surface area contributed by atoms with Gasteiger partial charge in [-0.1, -0.05) is 30.3 Å². The molecular weight excluding hydrogens is 322 g/mol. The van der Waals surface area contributed by atoms with Gasteiger partial charge < -0.3 is 9.64 Å². The number of ether oxygens (including phenoxy) is 1. The van der Waals surface area contributed by atoms with E-state index in [2.05, 4.69) is 9.88 Å². The first-order valence-electron chi connectivity index (χ1n) is 8.18. The summed E-state index contributed by atoms with van der Waals surface area (Å²) < 4.78 is 5.38. The van der Waals surface area contributed by atoms with E-state index in [1.165, 1.54) is 4.88 Å². The van der Waals surface area contributed by atoms with Crippen LogP contribution < -0.4 is 0 Å².